The van der Waals surface area contributed by atoms with Gasteiger partial charge in [0.25, 0.3) is 0 Å². The highest BCUT2D eigenvalue weighted by Crippen LogP contribution is 2.16. The Morgan fingerprint density at radius 1 is 1.35 bits per heavy atom. The monoisotopic (exact) mass is 232 g/mol. The van der Waals surface area contributed by atoms with Gasteiger partial charge in [-0.05, 0) is 38.1 Å². The van der Waals surface area contributed by atoms with Crippen molar-refractivity contribution in [1.29, 1.82) is 5.26 Å². The summed E-state index contributed by atoms with van der Waals surface area (Å²) in [5.74, 6) is 0. The molecule has 1 aromatic rings. The van der Waals surface area contributed by atoms with E-state index in [1.54, 1.807) is 12.1 Å². The zero-order valence-electron chi connectivity index (χ0n) is 10.7. The SMILES string of the molecule is CCC(C)N(C)CC(O)c1ccc(C#N)cc1. The first-order valence-electron chi connectivity index (χ1n) is 5.96. The van der Waals surface area contributed by atoms with Gasteiger partial charge in [-0.3, -0.25) is 0 Å². The minimum absolute atomic E-state index is 0.461. The predicted octanol–water partition coefficient (Wildman–Crippen LogP) is 2.32. The molecule has 0 heterocycles. The summed E-state index contributed by atoms with van der Waals surface area (Å²) in [6.45, 7) is 4.89. The van der Waals surface area contributed by atoms with E-state index >= 15 is 0 Å². The second-order valence-electron chi connectivity index (χ2n) is 4.45. The maximum atomic E-state index is 10.1. The van der Waals surface area contributed by atoms with Crippen molar-refractivity contribution >= 4 is 0 Å². The summed E-state index contributed by atoms with van der Waals surface area (Å²) in [7, 11) is 2.01. The highest BCUT2D eigenvalue weighted by molar-refractivity contribution is 5.32. The molecule has 92 valence electrons. The average Bonchev–Trinajstić information content (AvgIpc) is 2.37. The second kappa shape index (κ2) is 6.39. The Morgan fingerprint density at radius 2 is 1.94 bits per heavy atom. The van der Waals surface area contributed by atoms with Crippen LogP contribution in [0.4, 0.5) is 0 Å². The molecule has 0 radical (unpaired) electrons. The van der Waals surface area contributed by atoms with Crippen LogP contribution in [-0.2, 0) is 0 Å². The number of hydrogen-bond donors (Lipinski definition) is 1. The van der Waals surface area contributed by atoms with E-state index in [1.165, 1.54) is 0 Å². The molecule has 1 N–H and O–H groups in total. The number of rotatable bonds is 5. The summed E-state index contributed by atoms with van der Waals surface area (Å²) in [6.07, 6.45) is 0.568. The van der Waals surface area contributed by atoms with Crippen LogP contribution in [0.15, 0.2) is 24.3 Å². The third-order valence-corrected chi connectivity index (χ3v) is 3.23. The van der Waals surface area contributed by atoms with Crippen LogP contribution in [0.1, 0.15) is 37.5 Å². The zero-order chi connectivity index (χ0) is 12.8. The molecular weight excluding hydrogens is 212 g/mol. The van der Waals surface area contributed by atoms with E-state index in [9.17, 15) is 5.11 Å². The van der Waals surface area contributed by atoms with E-state index in [0.717, 1.165) is 12.0 Å². The molecule has 2 unspecified atom stereocenters. The van der Waals surface area contributed by atoms with Crippen molar-refractivity contribution in [3.05, 3.63) is 35.4 Å². The third-order valence-electron chi connectivity index (χ3n) is 3.23. The number of likely N-dealkylation sites (N-methyl/N-ethyl adjacent to an activating group) is 1. The first kappa shape index (κ1) is 13.7. The molecule has 3 heteroatoms. The molecule has 0 bridgehead atoms. The molecule has 17 heavy (non-hydrogen) atoms. The Bertz CT molecular complexity index is 380. The maximum absolute atomic E-state index is 10.1. The standard InChI is InChI=1S/C14H20N2O/c1-4-11(2)16(3)10-14(17)13-7-5-12(9-15)6-8-13/h5-8,11,14,17H,4,10H2,1-3H3. The predicted molar refractivity (Wildman–Crippen MR) is 68.5 cm³/mol. The maximum Gasteiger partial charge on any atom is 0.0991 e. The third kappa shape index (κ3) is 3.85. The van der Waals surface area contributed by atoms with Gasteiger partial charge >= 0.3 is 0 Å². The summed E-state index contributed by atoms with van der Waals surface area (Å²) in [6, 6.07) is 9.63. The Balaban J connectivity index is 2.63. The lowest BCUT2D eigenvalue weighted by Gasteiger charge is -2.26. The van der Waals surface area contributed by atoms with Crippen molar-refractivity contribution in [3.63, 3.8) is 0 Å². The van der Waals surface area contributed by atoms with Crippen molar-refractivity contribution in [1.82, 2.24) is 4.90 Å². The lowest BCUT2D eigenvalue weighted by Crippen LogP contribution is -2.32. The topological polar surface area (TPSA) is 47.3 Å². The van der Waals surface area contributed by atoms with Gasteiger partial charge in [-0.25, -0.2) is 0 Å². The number of hydrogen-bond acceptors (Lipinski definition) is 3. The van der Waals surface area contributed by atoms with Crippen LogP contribution in [0, 0.1) is 11.3 Å². The second-order valence-corrected chi connectivity index (χ2v) is 4.45. The van der Waals surface area contributed by atoms with Crippen molar-refractivity contribution in [2.24, 2.45) is 0 Å². The smallest absolute Gasteiger partial charge is 0.0991 e. The molecule has 0 fully saturated rings. The van der Waals surface area contributed by atoms with E-state index in [1.807, 2.05) is 19.2 Å². The number of aliphatic hydroxyl groups is 1. The van der Waals surface area contributed by atoms with Gasteiger partial charge in [-0.2, -0.15) is 5.26 Å². The number of nitrogens with zero attached hydrogens (tertiary/aromatic N) is 2. The van der Waals surface area contributed by atoms with Gasteiger partial charge in [-0.1, -0.05) is 19.1 Å². The van der Waals surface area contributed by atoms with E-state index in [4.69, 9.17) is 5.26 Å². The Hall–Kier alpha value is -1.37. The van der Waals surface area contributed by atoms with E-state index in [-0.39, 0.29) is 0 Å². The van der Waals surface area contributed by atoms with Gasteiger partial charge in [0.1, 0.15) is 0 Å². The fraction of sp³-hybridized carbons (Fsp3) is 0.500. The number of nitriles is 1. The highest BCUT2D eigenvalue weighted by atomic mass is 16.3. The summed E-state index contributed by atoms with van der Waals surface area (Å²) < 4.78 is 0. The average molecular weight is 232 g/mol. The largest absolute Gasteiger partial charge is 0.387 e. The van der Waals surface area contributed by atoms with Gasteiger partial charge in [0.15, 0.2) is 0 Å². The van der Waals surface area contributed by atoms with Crippen molar-refractivity contribution < 1.29 is 5.11 Å². The minimum atomic E-state index is -0.498. The minimum Gasteiger partial charge on any atom is -0.387 e. The zero-order valence-corrected chi connectivity index (χ0v) is 10.7. The molecule has 0 aliphatic rings. The van der Waals surface area contributed by atoms with Crippen LogP contribution in [0.5, 0.6) is 0 Å². The van der Waals surface area contributed by atoms with Crippen LogP contribution >= 0.6 is 0 Å². The molecule has 0 aliphatic heterocycles. The molecule has 3 nitrogen and oxygen atoms in total. The van der Waals surface area contributed by atoms with Gasteiger partial charge in [0.05, 0.1) is 17.7 Å². The van der Waals surface area contributed by atoms with E-state index in [0.29, 0.717) is 18.2 Å². The van der Waals surface area contributed by atoms with Crippen LogP contribution in [0.3, 0.4) is 0 Å². The Labute approximate surface area is 103 Å². The molecule has 0 amide bonds. The Morgan fingerprint density at radius 3 is 2.41 bits per heavy atom. The van der Waals surface area contributed by atoms with Crippen molar-refractivity contribution in [2.75, 3.05) is 13.6 Å². The fourth-order valence-corrected chi connectivity index (χ4v) is 1.65. The lowest BCUT2D eigenvalue weighted by atomic mass is 10.1. The van der Waals surface area contributed by atoms with Gasteiger partial charge in [-0.15, -0.1) is 0 Å². The van der Waals surface area contributed by atoms with Crippen LogP contribution < -0.4 is 0 Å². The van der Waals surface area contributed by atoms with Crippen molar-refractivity contribution in [3.8, 4) is 6.07 Å². The van der Waals surface area contributed by atoms with Crippen molar-refractivity contribution in [2.45, 2.75) is 32.4 Å². The molecule has 0 saturated carbocycles. The van der Waals surface area contributed by atoms with Gasteiger partial charge in [0.2, 0.25) is 0 Å². The molecule has 1 rings (SSSR count). The fourth-order valence-electron chi connectivity index (χ4n) is 1.65. The first-order chi connectivity index (χ1) is 8.08. The molecule has 0 spiro atoms. The van der Waals surface area contributed by atoms with Gasteiger partial charge < -0.3 is 10.0 Å². The normalized spacial score (nSPS) is 14.4. The lowest BCUT2D eigenvalue weighted by molar-refractivity contribution is 0.107. The molecule has 1 aromatic carbocycles. The van der Waals surface area contributed by atoms with E-state index < -0.39 is 6.10 Å². The molecule has 0 aliphatic carbocycles. The Kier molecular flexibility index (Phi) is 5.14. The summed E-state index contributed by atoms with van der Waals surface area (Å²) in [4.78, 5) is 2.14. The molecular formula is C14H20N2O. The summed E-state index contributed by atoms with van der Waals surface area (Å²) >= 11 is 0. The summed E-state index contributed by atoms with van der Waals surface area (Å²) in [5, 5.41) is 18.8. The molecule has 0 saturated heterocycles. The number of benzene rings is 1. The van der Waals surface area contributed by atoms with Gasteiger partial charge in [0, 0.05) is 12.6 Å². The number of aliphatic hydroxyl groups excluding tert-OH is 1. The molecule has 2 atom stereocenters. The summed E-state index contributed by atoms with van der Waals surface area (Å²) in [5.41, 5.74) is 1.48. The highest BCUT2D eigenvalue weighted by Gasteiger charge is 2.13. The quantitative estimate of drug-likeness (QED) is 0.847. The van der Waals surface area contributed by atoms with E-state index in [2.05, 4.69) is 24.8 Å². The van der Waals surface area contributed by atoms with Crippen LogP contribution in [0.25, 0.3) is 0 Å². The van der Waals surface area contributed by atoms with Crippen LogP contribution in [-0.4, -0.2) is 29.6 Å². The van der Waals surface area contributed by atoms with Crippen LogP contribution in [0.2, 0.25) is 0 Å². The molecule has 0 aromatic heterocycles. The first-order valence-corrected chi connectivity index (χ1v) is 5.96.